The van der Waals surface area contributed by atoms with Crippen molar-refractivity contribution in [2.45, 2.75) is 57.1 Å². The topological polar surface area (TPSA) is 78.6 Å². The number of hydrogen-bond acceptors (Lipinski definition) is 4. The predicted octanol–water partition coefficient (Wildman–Crippen LogP) is 0.467. The molecule has 0 aromatic carbocycles. The van der Waals surface area contributed by atoms with Gasteiger partial charge in [0.05, 0.1) is 12.6 Å². The van der Waals surface area contributed by atoms with E-state index in [1.54, 1.807) is 0 Å². The van der Waals surface area contributed by atoms with Gasteiger partial charge in [0.15, 0.2) is 0 Å². The number of piperidine rings is 1. The van der Waals surface area contributed by atoms with Crippen LogP contribution in [0.1, 0.15) is 44.9 Å². The number of primary amides is 1. The largest absolute Gasteiger partial charge is 0.393 e. The Morgan fingerprint density at radius 2 is 1.90 bits per heavy atom. The van der Waals surface area contributed by atoms with Crippen LogP contribution < -0.4 is 11.1 Å². The third-order valence-electron chi connectivity index (χ3n) is 4.74. The Morgan fingerprint density at radius 1 is 1.15 bits per heavy atom. The fraction of sp³-hybridized carbons (Fsp3) is 0.933. The van der Waals surface area contributed by atoms with Crippen molar-refractivity contribution in [1.82, 2.24) is 10.2 Å². The number of nitrogens with zero attached hydrogens (tertiary/aromatic N) is 1. The Bertz CT molecular complexity index is 303. The molecule has 1 saturated carbocycles. The summed E-state index contributed by atoms with van der Waals surface area (Å²) in [5.41, 5.74) is 5.32. The average Bonchev–Trinajstić information content (AvgIpc) is 2.42. The summed E-state index contributed by atoms with van der Waals surface area (Å²) in [6.45, 7) is 3.37. The molecule has 1 aliphatic heterocycles. The molecular formula is C15H29N3O2. The first-order valence-corrected chi connectivity index (χ1v) is 8.06. The second-order valence-electron chi connectivity index (χ2n) is 6.42. The van der Waals surface area contributed by atoms with Gasteiger partial charge in [-0.2, -0.15) is 0 Å². The van der Waals surface area contributed by atoms with Gasteiger partial charge < -0.3 is 16.2 Å². The molecule has 0 radical (unpaired) electrons. The van der Waals surface area contributed by atoms with Crippen molar-refractivity contribution in [3.8, 4) is 0 Å². The van der Waals surface area contributed by atoms with E-state index < -0.39 is 0 Å². The number of carbonyl (C=O) groups is 1. The summed E-state index contributed by atoms with van der Waals surface area (Å²) in [5, 5.41) is 13.1. The Hall–Kier alpha value is -0.650. The van der Waals surface area contributed by atoms with Crippen molar-refractivity contribution in [3.63, 3.8) is 0 Å². The maximum Gasteiger partial charge on any atom is 0.231 e. The SMILES string of the molecule is NC(=O)CN1CCCCC1CNCC1CCC(O)CC1. The molecule has 0 aromatic heterocycles. The number of carbonyl (C=O) groups excluding carboxylic acids is 1. The second-order valence-corrected chi connectivity index (χ2v) is 6.42. The van der Waals surface area contributed by atoms with Gasteiger partial charge in [-0.25, -0.2) is 0 Å². The molecule has 116 valence electrons. The van der Waals surface area contributed by atoms with Crippen molar-refractivity contribution in [2.24, 2.45) is 11.7 Å². The normalized spacial score (nSPS) is 32.1. The standard InChI is InChI=1S/C15H29N3O2/c16-15(20)11-18-8-2-1-3-13(18)10-17-9-12-4-6-14(19)7-5-12/h12-14,17,19H,1-11H2,(H2,16,20). The van der Waals surface area contributed by atoms with Crippen LogP contribution in [0, 0.1) is 5.92 Å². The average molecular weight is 283 g/mol. The highest BCUT2D eigenvalue weighted by atomic mass is 16.3. The number of aliphatic hydroxyl groups is 1. The van der Waals surface area contributed by atoms with Gasteiger partial charge in [-0.3, -0.25) is 9.69 Å². The minimum Gasteiger partial charge on any atom is -0.393 e. The van der Waals surface area contributed by atoms with E-state index in [4.69, 9.17) is 5.73 Å². The molecule has 1 atom stereocenters. The maximum atomic E-state index is 11.1. The Labute approximate surface area is 121 Å². The third-order valence-corrected chi connectivity index (χ3v) is 4.74. The number of likely N-dealkylation sites (tertiary alicyclic amines) is 1. The smallest absolute Gasteiger partial charge is 0.231 e. The minimum absolute atomic E-state index is 0.0735. The zero-order chi connectivity index (χ0) is 14.4. The van der Waals surface area contributed by atoms with Crippen LogP contribution in [-0.2, 0) is 4.79 Å². The highest BCUT2D eigenvalue weighted by Gasteiger charge is 2.24. The summed E-state index contributed by atoms with van der Waals surface area (Å²) in [6, 6.07) is 0.449. The fourth-order valence-electron chi connectivity index (χ4n) is 3.50. The van der Waals surface area contributed by atoms with E-state index in [9.17, 15) is 9.90 Å². The van der Waals surface area contributed by atoms with Crippen LogP contribution in [0.4, 0.5) is 0 Å². The number of hydrogen-bond donors (Lipinski definition) is 3. The zero-order valence-corrected chi connectivity index (χ0v) is 12.4. The maximum absolute atomic E-state index is 11.1. The molecule has 1 heterocycles. The molecule has 2 fully saturated rings. The first-order chi connectivity index (χ1) is 9.65. The van der Waals surface area contributed by atoms with Gasteiger partial charge in [0.2, 0.25) is 5.91 Å². The molecule has 0 aromatic rings. The zero-order valence-electron chi connectivity index (χ0n) is 12.4. The van der Waals surface area contributed by atoms with Crippen molar-refractivity contribution < 1.29 is 9.90 Å². The molecule has 5 nitrogen and oxygen atoms in total. The van der Waals surface area contributed by atoms with Crippen LogP contribution in [-0.4, -0.2) is 54.2 Å². The quantitative estimate of drug-likeness (QED) is 0.662. The fourth-order valence-corrected chi connectivity index (χ4v) is 3.50. The molecular weight excluding hydrogens is 254 g/mol. The van der Waals surface area contributed by atoms with E-state index in [-0.39, 0.29) is 12.0 Å². The number of amides is 1. The Morgan fingerprint density at radius 3 is 2.60 bits per heavy atom. The molecule has 0 bridgehead atoms. The number of nitrogens with two attached hydrogens (primary N) is 1. The van der Waals surface area contributed by atoms with Crippen molar-refractivity contribution >= 4 is 5.91 Å². The van der Waals surface area contributed by atoms with Crippen LogP contribution in [0.3, 0.4) is 0 Å². The number of nitrogens with one attached hydrogen (secondary N) is 1. The molecule has 2 rings (SSSR count). The lowest BCUT2D eigenvalue weighted by Crippen LogP contribution is -2.49. The highest BCUT2D eigenvalue weighted by molar-refractivity contribution is 5.75. The number of aliphatic hydroxyl groups excluding tert-OH is 1. The number of rotatable bonds is 6. The lowest BCUT2D eigenvalue weighted by molar-refractivity contribution is -0.120. The molecule has 1 aliphatic carbocycles. The van der Waals surface area contributed by atoms with Crippen LogP contribution in [0.25, 0.3) is 0 Å². The Balaban J connectivity index is 1.67. The lowest BCUT2D eigenvalue weighted by atomic mass is 9.87. The molecule has 0 spiro atoms. The van der Waals surface area contributed by atoms with Crippen molar-refractivity contribution in [3.05, 3.63) is 0 Å². The first-order valence-electron chi connectivity index (χ1n) is 8.06. The van der Waals surface area contributed by atoms with Gasteiger partial charge in [-0.05, 0) is 57.5 Å². The van der Waals surface area contributed by atoms with Gasteiger partial charge in [-0.1, -0.05) is 6.42 Å². The van der Waals surface area contributed by atoms with Crippen molar-refractivity contribution in [1.29, 1.82) is 0 Å². The van der Waals surface area contributed by atoms with Crippen molar-refractivity contribution in [2.75, 3.05) is 26.2 Å². The molecule has 1 unspecified atom stereocenters. The van der Waals surface area contributed by atoms with Crippen LogP contribution >= 0.6 is 0 Å². The molecule has 20 heavy (non-hydrogen) atoms. The highest BCUT2D eigenvalue weighted by Crippen LogP contribution is 2.23. The summed E-state index contributed by atoms with van der Waals surface area (Å²) in [7, 11) is 0. The lowest BCUT2D eigenvalue weighted by Gasteiger charge is -2.35. The van der Waals surface area contributed by atoms with Crippen LogP contribution in [0.2, 0.25) is 0 Å². The van der Waals surface area contributed by atoms with E-state index >= 15 is 0 Å². The second kappa shape index (κ2) is 7.96. The molecule has 5 heteroatoms. The van der Waals surface area contributed by atoms with E-state index in [1.807, 2.05) is 0 Å². The van der Waals surface area contributed by atoms with Gasteiger partial charge in [0.25, 0.3) is 0 Å². The predicted molar refractivity (Wildman–Crippen MR) is 79.2 cm³/mol. The van der Waals surface area contributed by atoms with E-state index in [1.165, 1.54) is 12.8 Å². The van der Waals surface area contributed by atoms with Gasteiger partial charge in [0, 0.05) is 12.6 Å². The summed E-state index contributed by atoms with van der Waals surface area (Å²) < 4.78 is 0. The summed E-state index contributed by atoms with van der Waals surface area (Å²) in [6.07, 6.45) is 7.65. The molecule has 2 aliphatic rings. The summed E-state index contributed by atoms with van der Waals surface area (Å²) in [5.74, 6) is 0.477. The minimum atomic E-state index is -0.224. The first kappa shape index (κ1) is 15.7. The molecule has 4 N–H and O–H groups in total. The van der Waals surface area contributed by atoms with Gasteiger partial charge >= 0.3 is 0 Å². The molecule has 1 saturated heterocycles. The van der Waals surface area contributed by atoms with Crippen LogP contribution in [0.5, 0.6) is 0 Å². The van der Waals surface area contributed by atoms with Gasteiger partial charge in [-0.15, -0.1) is 0 Å². The van der Waals surface area contributed by atoms with Crippen LogP contribution in [0.15, 0.2) is 0 Å². The summed E-state index contributed by atoms with van der Waals surface area (Å²) in [4.78, 5) is 13.3. The van der Waals surface area contributed by atoms with E-state index in [2.05, 4.69) is 10.2 Å². The third kappa shape index (κ3) is 5.04. The monoisotopic (exact) mass is 283 g/mol. The van der Waals surface area contributed by atoms with E-state index in [0.29, 0.717) is 18.5 Å². The van der Waals surface area contributed by atoms with Gasteiger partial charge in [0.1, 0.15) is 0 Å². The summed E-state index contributed by atoms with van der Waals surface area (Å²) >= 11 is 0. The molecule has 1 amide bonds. The Kier molecular flexibility index (Phi) is 6.26. The van der Waals surface area contributed by atoms with E-state index in [0.717, 1.165) is 51.7 Å².